The zero-order chi connectivity index (χ0) is 20.0. The van der Waals surface area contributed by atoms with Gasteiger partial charge in [-0.25, -0.2) is 0 Å². The quantitative estimate of drug-likeness (QED) is 0.402. The smallest absolute Gasteiger partial charge is 0.0250 e. The molecule has 0 aliphatic carbocycles. The molecular weight excluding hydrogens is 312 g/mol. The predicted octanol–water partition coefficient (Wildman–Crippen LogP) is 7.68. The van der Waals surface area contributed by atoms with E-state index in [-0.39, 0.29) is 0 Å². The number of hydrogen-bond acceptors (Lipinski definition) is 0. The first-order chi connectivity index (χ1) is 12.0. The van der Waals surface area contributed by atoms with Gasteiger partial charge in [-0.1, -0.05) is 75.3 Å². The maximum Gasteiger partial charge on any atom is -0.0250 e. The Balaban J connectivity index is 3.68. The van der Waals surface area contributed by atoms with Crippen molar-refractivity contribution < 1.29 is 0 Å². The van der Waals surface area contributed by atoms with Crippen LogP contribution in [0.4, 0.5) is 0 Å². The van der Waals surface area contributed by atoms with Gasteiger partial charge >= 0.3 is 0 Å². The van der Waals surface area contributed by atoms with E-state index in [4.69, 9.17) is 0 Å². The van der Waals surface area contributed by atoms with Crippen molar-refractivity contribution >= 4 is 0 Å². The summed E-state index contributed by atoms with van der Waals surface area (Å²) in [6.07, 6.45) is 6.15. The highest BCUT2D eigenvalue weighted by Crippen LogP contribution is 2.32. The third-order valence-corrected chi connectivity index (χ3v) is 4.95. The lowest BCUT2D eigenvalue weighted by Gasteiger charge is -2.27. The Morgan fingerprint density at radius 2 is 0.692 bits per heavy atom. The molecular formula is C26H46. The number of benzene rings is 1. The molecule has 0 atom stereocenters. The Morgan fingerprint density at radius 1 is 0.423 bits per heavy atom. The lowest BCUT2D eigenvalue weighted by molar-refractivity contribution is 0.573. The first kappa shape index (κ1) is 23.3. The van der Waals surface area contributed by atoms with E-state index < -0.39 is 0 Å². The molecule has 0 nitrogen and oxygen atoms in total. The molecule has 1 aromatic carbocycles. The first-order valence-electron chi connectivity index (χ1n) is 11.2. The summed E-state index contributed by atoms with van der Waals surface area (Å²) in [5.74, 6) is 3.59. The van der Waals surface area contributed by atoms with Crippen molar-refractivity contribution in [3.8, 4) is 0 Å². The molecule has 0 aromatic heterocycles. The van der Waals surface area contributed by atoms with Gasteiger partial charge in [-0.05, 0) is 89.5 Å². The van der Waals surface area contributed by atoms with Crippen molar-refractivity contribution in [3.63, 3.8) is 0 Å². The normalized spacial score (nSPS) is 12.4. The minimum absolute atomic E-state index is 0.716. The van der Waals surface area contributed by atoms with Crippen LogP contribution in [0.5, 0.6) is 0 Å². The van der Waals surface area contributed by atoms with Gasteiger partial charge in [0.25, 0.3) is 0 Å². The van der Waals surface area contributed by atoms with Crippen LogP contribution in [0, 0.1) is 29.6 Å². The average molecular weight is 359 g/mol. The van der Waals surface area contributed by atoms with Gasteiger partial charge in [-0.2, -0.15) is 0 Å². The molecule has 0 heterocycles. The lowest BCUT2D eigenvalue weighted by atomic mass is 9.78. The van der Waals surface area contributed by atoms with Crippen LogP contribution in [0.25, 0.3) is 0 Å². The molecule has 0 heteroatoms. The number of rotatable bonds is 10. The van der Waals surface area contributed by atoms with Crippen LogP contribution < -0.4 is 0 Å². The molecule has 0 fully saturated rings. The van der Waals surface area contributed by atoms with Crippen LogP contribution in [0.15, 0.2) is 6.07 Å². The molecule has 0 N–H and O–H groups in total. The van der Waals surface area contributed by atoms with E-state index in [9.17, 15) is 0 Å². The van der Waals surface area contributed by atoms with Crippen LogP contribution in [0.2, 0.25) is 0 Å². The second kappa shape index (κ2) is 10.5. The maximum atomic E-state index is 2.61. The summed E-state index contributed by atoms with van der Waals surface area (Å²) >= 11 is 0. The van der Waals surface area contributed by atoms with Gasteiger partial charge in [-0.15, -0.1) is 0 Å². The van der Waals surface area contributed by atoms with E-state index in [0.717, 1.165) is 23.7 Å². The third-order valence-electron chi connectivity index (χ3n) is 4.95. The monoisotopic (exact) mass is 358 g/mol. The van der Waals surface area contributed by atoms with E-state index >= 15 is 0 Å². The Bertz CT molecular complexity index is 501. The predicted molar refractivity (Wildman–Crippen MR) is 119 cm³/mol. The van der Waals surface area contributed by atoms with E-state index in [1.807, 2.05) is 0 Å². The van der Waals surface area contributed by atoms with Crippen molar-refractivity contribution in [2.45, 2.75) is 101 Å². The molecule has 1 aromatic rings. The van der Waals surface area contributed by atoms with Crippen molar-refractivity contribution in [1.82, 2.24) is 0 Å². The molecule has 0 spiro atoms. The van der Waals surface area contributed by atoms with Gasteiger partial charge in [0.05, 0.1) is 0 Å². The van der Waals surface area contributed by atoms with Crippen LogP contribution in [-0.2, 0) is 32.1 Å². The van der Waals surface area contributed by atoms with Crippen LogP contribution in [0.1, 0.15) is 97.1 Å². The summed E-state index contributed by atoms with van der Waals surface area (Å²) < 4.78 is 0. The second-order valence-electron chi connectivity index (χ2n) is 10.6. The summed E-state index contributed by atoms with van der Waals surface area (Å²) in [6, 6.07) is 2.61. The van der Waals surface area contributed by atoms with Crippen LogP contribution in [0.3, 0.4) is 0 Å². The molecule has 1 rings (SSSR count). The summed E-state index contributed by atoms with van der Waals surface area (Å²) in [7, 11) is 0. The Hall–Kier alpha value is -0.780. The van der Waals surface area contributed by atoms with Gasteiger partial charge < -0.3 is 0 Å². The highest BCUT2D eigenvalue weighted by atomic mass is 14.3. The van der Waals surface area contributed by atoms with Crippen molar-refractivity contribution in [3.05, 3.63) is 33.9 Å². The summed E-state index contributed by atoms with van der Waals surface area (Å²) in [4.78, 5) is 0. The summed E-state index contributed by atoms with van der Waals surface area (Å²) in [5, 5.41) is 0. The summed E-state index contributed by atoms with van der Waals surface area (Å²) in [5.41, 5.74) is 8.41. The van der Waals surface area contributed by atoms with E-state index in [1.54, 1.807) is 27.8 Å². The zero-order valence-electron chi connectivity index (χ0n) is 19.5. The largest absolute Gasteiger partial charge is 0.0625 e. The topological polar surface area (TPSA) is 0 Å². The minimum Gasteiger partial charge on any atom is -0.0625 e. The SMILES string of the molecule is CC(C)Cc1cc(CC(C)C)c(CC(C)C)c(CC(C)C)c1CC(C)C. The third kappa shape index (κ3) is 7.45. The molecule has 0 saturated carbocycles. The van der Waals surface area contributed by atoms with E-state index in [2.05, 4.69) is 75.3 Å². The van der Waals surface area contributed by atoms with Crippen molar-refractivity contribution in [2.24, 2.45) is 29.6 Å². The van der Waals surface area contributed by atoms with Crippen LogP contribution in [-0.4, -0.2) is 0 Å². The second-order valence-corrected chi connectivity index (χ2v) is 10.6. The molecule has 0 radical (unpaired) electrons. The fourth-order valence-corrected chi connectivity index (χ4v) is 4.18. The van der Waals surface area contributed by atoms with E-state index in [0.29, 0.717) is 5.92 Å². The molecule has 0 unspecified atom stereocenters. The molecule has 26 heavy (non-hydrogen) atoms. The average Bonchev–Trinajstić information content (AvgIpc) is 2.44. The highest BCUT2D eigenvalue weighted by Gasteiger charge is 2.21. The van der Waals surface area contributed by atoms with Crippen molar-refractivity contribution in [1.29, 1.82) is 0 Å². The lowest BCUT2D eigenvalue weighted by Crippen LogP contribution is -2.16. The van der Waals surface area contributed by atoms with Crippen LogP contribution >= 0.6 is 0 Å². The standard InChI is InChI=1S/C26H46/c1-17(2)11-22-16-23(12-18(3)4)25(14-20(7)8)26(15-21(9)10)24(22)13-19(5)6/h16-21H,11-15H2,1-10H3. The Kier molecular flexibility index (Phi) is 9.42. The zero-order valence-corrected chi connectivity index (χ0v) is 19.5. The minimum atomic E-state index is 0.716. The molecule has 0 saturated heterocycles. The maximum absolute atomic E-state index is 2.61. The molecule has 0 amide bonds. The van der Waals surface area contributed by atoms with Gasteiger partial charge in [0.1, 0.15) is 0 Å². The molecule has 0 bridgehead atoms. The Labute approximate surface area is 165 Å². The van der Waals surface area contributed by atoms with E-state index in [1.165, 1.54) is 32.1 Å². The highest BCUT2D eigenvalue weighted by molar-refractivity contribution is 5.48. The van der Waals surface area contributed by atoms with Gasteiger partial charge in [0, 0.05) is 0 Å². The Morgan fingerprint density at radius 3 is 0.962 bits per heavy atom. The van der Waals surface area contributed by atoms with Crippen molar-refractivity contribution in [2.75, 3.05) is 0 Å². The van der Waals surface area contributed by atoms with Gasteiger partial charge in [0.15, 0.2) is 0 Å². The fourth-order valence-electron chi connectivity index (χ4n) is 4.18. The number of hydrogen-bond donors (Lipinski definition) is 0. The van der Waals surface area contributed by atoms with Gasteiger partial charge in [-0.3, -0.25) is 0 Å². The molecule has 150 valence electrons. The molecule has 0 aliphatic rings. The summed E-state index contributed by atoms with van der Waals surface area (Å²) in [6.45, 7) is 23.7. The van der Waals surface area contributed by atoms with Gasteiger partial charge in [0.2, 0.25) is 0 Å². The first-order valence-corrected chi connectivity index (χ1v) is 11.2. The molecule has 0 aliphatic heterocycles. The fraction of sp³-hybridized carbons (Fsp3) is 0.769.